The number of anilines is 1. The fourth-order valence-corrected chi connectivity index (χ4v) is 5.26. The molecule has 0 aliphatic heterocycles. The number of hydrogen-bond donors (Lipinski definition) is 1. The van der Waals surface area contributed by atoms with Gasteiger partial charge in [-0.05, 0) is 62.7 Å². The van der Waals surface area contributed by atoms with Crippen LogP contribution >= 0.6 is 11.6 Å². The van der Waals surface area contributed by atoms with Crippen LogP contribution in [0.25, 0.3) is 17.3 Å². The number of benzene rings is 2. The lowest BCUT2D eigenvalue weighted by Crippen LogP contribution is -2.43. The molecule has 0 saturated carbocycles. The van der Waals surface area contributed by atoms with E-state index in [0.29, 0.717) is 45.7 Å². The number of esters is 1. The van der Waals surface area contributed by atoms with Gasteiger partial charge in [-0.2, -0.15) is 0 Å². The normalized spacial score (nSPS) is 12.6. The third-order valence-corrected chi connectivity index (χ3v) is 11.9. The summed E-state index contributed by atoms with van der Waals surface area (Å²) in [5.41, 5.74) is 2.44. The Labute approximate surface area is 260 Å². The molecule has 0 unspecified atom stereocenters. The summed E-state index contributed by atoms with van der Waals surface area (Å²) >= 11 is 6.95. The standard InChI is InChI=1S/C34H40ClN3O4Si/c1-33(2,3)41-32(39)27(21-24-16-13-19-40-24)38-31-26(20-23-14-10-9-11-15-23)37-28(22-36-31)25-17-12-18-29(30(25)35)42-43(7,8)34(4,5)6/h9-19,21-22H,20H2,1-8H3,(H,36,38)/b27-21-. The Kier molecular flexibility index (Phi) is 9.52. The van der Waals surface area contributed by atoms with Gasteiger partial charge in [-0.1, -0.05) is 74.8 Å². The van der Waals surface area contributed by atoms with Crippen molar-refractivity contribution in [3.63, 3.8) is 0 Å². The summed E-state index contributed by atoms with van der Waals surface area (Å²) in [6, 6.07) is 19.2. The fraction of sp³-hybridized carbons (Fsp3) is 0.324. The van der Waals surface area contributed by atoms with Gasteiger partial charge in [0.15, 0.2) is 5.82 Å². The second kappa shape index (κ2) is 12.8. The molecule has 226 valence electrons. The lowest BCUT2D eigenvalue weighted by atomic mass is 10.1. The average Bonchev–Trinajstić information content (AvgIpc) is 3.42. The number of halogens is 1. The summed E-state index contributed by atoms with van der Waals surface area (Å²) in [6.45, 7) is 16.4. The summed E-state index contributed by atoms with van der Waals surface area (Å²) in [6.07, 6.45) is 5.24. The molecule has 0 aliphatic carbocycles. The van der Waals surface area contributed by atoms with E-state index in [-0.39, 0.29) is 10.7 Å². The van der Waals surface area contributed by atoms with Crippen LogP contribution in [-0.2, 0) is 16.0 Å². The third-order valence-electron chi connectivity index (χ3n) is 7.17. The van der Waals surface area contributed by atoms with E-state index in [2.05, 4.69) is 39.2 Å². The minimum absolute atomic E-state index is 0.0112. The molecule has 0 radical (unpaired) electrons. The zero-order valence-electron chi connectivity index (χ0n) is 26.1. The highest BCUT2D eigenvalue weighted by molar-refractivity contribution is 6.74. The van der Waals surface area contributed by atoms with Crippen LogP contribution in [0.3, 0.4) is 0 Å². The van der Waals surface area contributed by atoms with Gasteiger partial charge in [-0.15, -0.1) is 0 Å². The Morgan fingerprint density at radius 1 is 1.00 bits per heavy atom. The molecular formula is C34H40ClN3O4Si. The van der Waals surface area contributed by atoms with Gasteiger partial charge in [-0.3, -0.25) is 0 Å². The van der Waals surface area contributed by atoms with E-state index in [1.54, 1.807) is 30.7 Å². The molecule has 0 fully saturated rings. The molecule has 1 N–H and O–H groups in total. The van der Waals surface area contributed by atoms with Crippen molar-refractivity contribution >= 4 is 37.8 Å². The Balaban J connectivity index is 1.77. The molecule has 0 spiro atoms. The number of nitrogens with zero attached hydrogens (tertiary/aromatic N) is 2. The van der Waals surface area contributed by atoms with Crippen LogP contribution < -0.4 is 9.74 Å². The van der Waals surface area contributed by atoms with Gasteiger partial charge in [-0.25, -0.2) is 14.8 Å². The van der Waals surface area contributed by atoms with Crippen molar-refractivity contribution in [1.29, 1.82) is 0 Å². The second-order valence-corrected chi connectivity index (χ2v) is 18.0. The first kappa shape index (κ1) is 32.0. The smallest absolute Gasteiger partial charge is 0.355 e. The maximum absolute atomic E-state index is 13.2. The van der Waals surface area contributed by atoms with Crippen LogP contribution in [0.1, 0.15) is 58.6 Å². The average molecular weight is 618 g/mol. The van der Waals surface area contributed by atoms with Crippen molar-refractivity contribution in [3.8, 4) is 17.0 Å². The van der Waals surface area contributed by atoms with Crippen molar-refractivity contribution < 1.29 is 18.4 Å². The molecule has 4 aromatic rings. The number of ether oxygens (including phenoxy) is 1. The second-order valence-electron chi connectivity index (χ2n) is 12.9. The van der Waals surface area contributed by atoms with E-state index in [4.69, 9.17) is 35.1 Å². The largest absolute Gasteiger partial charge is 0.542 e. The van der Waals surface area contributed by atoms with Crippen molar-refractivity contribution in [2.75, 3.05) is 5.32 Å². The third kappa shape index (κ3) is 8.36. The van der Waals surface area contributed by atoms with Crippen molar-refractivity contribution in [2.45, 2.75) is 71.7 Å². The van der Waals surface area contributed by atoms with Crippen molar-refractivity contribution in [2.24, 2.45) is 0 Å². The molecule has 43 heavy (non-hydrogen) atoms. The Morgan fingerprint density at radius 3 is 2.35 bits per heavy atom. The zero-order valence-corrected chi connectivity index (χ0v) is 27.9. The highest BCUT2D eigenvalue weighted by Crippen LogP contribution is 2.41. The van der Waals surface area contributed by atoms with Crippen LogP contribution in [0, 0.1) is 0 Å². The van der Waals surface area contributed by atoms with E-state index in [0.717, 1.165) is 5.56 Å². The summed E-state index contributed by atoms with van der Waals surface area (Å²) in [5.74, 6) is 1.00. The van der Waals surface area contributed by atoms with Crippen LogP contribution in [0.4, 0.5) is 5.82 Å². The first-order valence-corrected chi connectivity index (χ1v) is 17.5. The van der Waals surface area contributed by atoms with E-state index in [1.165, 1.54) is 0 Å². The predicted octanol–water partition coefficient (Wildman–Crippen LogP) is 9.16. The molecular weight excluding hydrogens is 578 g/mol. The number of nitrogens with one attached hydrogen (secondary N) is 1. The molecule has 2 heterocycles. The highest BCUT2D eigenvalue weighted by atomic mass is 35.5. The van der Waals surface area contributed by atoms with Crippen LogP contribution in [0.5, 0.6) is 5.75 Å². The molecule has 0 amide bonds. The first-order valence-electron chi connectivity index (χ1n) is 14.3. The van der Waals surface area contributed by atoms with Gasteiger partial charge in [0.25, 0.3) is 8.32 Å². The number of rotatable bonds is 9. The van der Waals surface area contributed by atoms with Crippen LogP contribution in [0.2, 0.25) is 23.2 Å². The Hall–Kier alpha value is -3.88. The van der Waals surface area contributed by atoms with Gasteiger partial charge in [0.2, 0.25) is 0 Å². The van der Waals surface area contributed by atoms with Gasteiger partial charge in [0.1, 0.15) is 22.8 Å². The molecule has 0 aliphatic rings. The minimum atomic E-state index is -2.13. The molecule has 7 nitrogen and oxygen atoms in total. The van der Waals surface area contributed by atoms with E-state index in [9.17, 15) is 4.79 Å². The topological polar surface area (TPSA) is 86.5 Å². The quantitative estimate of drug-likeness (QED) is 0.114. The van der Waals surface area contributed by atoms with Crippen LogP contribution in [0.15, 0.2) is 83.2 Å². The number of aromatic nitrogens is 2. The molecule has 2 aromatic heterocycles. The van der Waals surface area contributed by atoms with Crippen molar-refractivity contribution in [3.05, 3.63) is 101 Å². The van der Waals surface area contributed by atoms with Gasteiger partial charge < -0.3 is 18.9 Å². The SMILES string of the molecule is CC(C)(C)OC(=O)/C(=C/c1ccco1)Nc1ncc(-c2cccc(O[Si](C)(C)C(C)(C)C)c2Cl)nc1Cc1ccccc1. The fourth-order valence-electron chi connectivity index (χ4n) is 3.91. The molecule has 0 saturated heterocycles. The predicted molar refractivity (Wildman–Crippen MR) is 176 cm³/mol. The minimum Gasteiger partial charge on any atom is -0.542 e. The van der Waals surface area contributed by atoms with Crippen LogP contribution in [-0.4, -0.2) is 29.9 Å². The van der Waals surface area contributed by atoms with E-state index >= 15 is 0 Å². The monoisotopic (exact) mass is 617 g/mol. The number of carbonyl (C=O) groups is 1. The number of carbonyl (C=O) groups excluding carboxylic acids is 1. The van der Waals surface area contributed by atoms with Gasteiger partial charge in [0, 0.05) is 18.1 Å². The summed E-state index contributed by atoms with van der Waals surface area (Å²) < 4.78 is 17.7. The Bertz CT molecular complexity index is 1590. The molecule has 2 aromatic carbocycles. The number of hydrogen-bond acceptors (Lipinski definition) is 7. The Morgan fingerprint density at radius 2 is 1.72 bits per heavy atom. The molecule has 4 rings (SSSR count). The maximum atomic E-state index is 13.2. The van der Waals surface area contributed by atoms with Gasteiger partial charge in [0.05, 0.1) is 28.9 Å². The molecule has 0 atom stereocenters. The summed E-state index contributed by atoms with van der Waals surface area (Å²) in [4.78, 5) is 23.0. The lowest BCUT2D eigenvalue weighted by molar-refractivity contribution is -0.149. The van der Waals surface area contributed by atoms with Gasteiger partial charge >= 0.3 is 5.97 Å². The van der Waals surface area contributed by atoms with E-state index < -0.39 is 19.9 Å². The zero-order chi connectivity index (χ0) is 31.4. The summed E-state index contributed by atoms with van der Waals surface area (Å²) in [7, 11) is -2.13. The highest BCUT2D eigenvalue weighted by Gasteiger charge is 2.39. The maximum Gasteiger partial charge on any atom is 0.355 e. The van der Waals surface area contributed by atoms with Crippen molar-refractivity contribution in [1.82, 2.24) is 9.97 Å². The number of furan rings is 1. The molecule has 0 bridgehead atoms. The lowest BCUT2D eigenvalue weighted by Gasteiger charge is -2.36. The first-order chi connectivity index (χ1) is 20.1. The van der Waals surface area contributed by atoms with E-state index in [1.807, 2.05) is 69.3 Å². The summed E-state index contributed by atoms with van der Waals surface area (Å²) in [5, 5.41) is 3.68. The molecule has 9 heteroatoms.